The van der Waals surface area contributed by atoms with Crippen molar-refractivity contribution in [1.82, 2.24) is 4.31 Å². The monoisotopic (exact) mass is 305 g/mol. The molecule has 0 radical (unpaired) electrons. The Morgan fingerprint density at radius 1 is 1.37 bits per heavy atom. The molecule has 1 aromatic rings. The Hall–Kier alpha value is -0.620. The van der Waals surface area contributed by atoms with Crippen LogP contribution in [0.1, 0.15) is 26.3 Å². The molecule has 1 N–H and O–H groups in total. The molecule has 1 rings (SSSR count). The minimum absolute atomic E-state index is 0.0495. The van der Waals surface area contributed by atoms with E-state index in [2.05, 4.69) is 0 Å². The maximum Gasteiger partial charge on any atom is 0.243 e. The summed E-state index contributed by atoms with van der Waals surface area (Å²) in [5.74, 6) is 0. The summed E-state index contributed by atoms with van der Waals surface area (Å²) in [6, 6.07) is 4.67. The van der Waals surface area contributed by atoms with Crippen LogP contribution in [0.15, 0.2) is 23.1 Å². The summed E-state index contributed by atoms with van der Waals surface area (Å²) in [6.07, 6.45) is 0. The third-order valence-electron chi connectivity index (χ3n) is 2.67. The average molecular weight is 306 g/mol. The van der Waals surface area contributed by atoms with Gasteiger partial charge in [0.05, 0.1) is 10.5 Å². The van der Waals surface area contributed by atoms with Gasteiger partial charge in [-0.25, -0.2) is 8.42 Å². The molecule has 0 unspecified atom stereocenters. The van der Waals surface area contributed by atoms with Gasteiger partial charge >= 0.3 is 0 Å². The van der Waals surface area contributed by atoms with Gasteiger partial charge in [0, 0.05) is 18.1 Å². The van der Waals surface area contributed by atoms with Gasteiger partial charge in [-0.05, 0) is 44.5 Å². The number of rotatable bonds is 5. The zero-order chi connectivity index (χ0) is 14.8. The Balaban J connectivity index is 3.21. The lowest BCUT2D eigenvalue weighted by Crippen LogP contribution is -2.42. The maximum absolute atomic E-state index is 12.5. The van der Waals surface area contributed by atoms with E-state index in [1.807, 2.05) is 0 Å². The smallest absolute Gasteiger partial charge is 0.243 e. The molecular formula is C13H20ClNO3S. The maximum atomic E-state index is 12.5. The SMILES string of the molecule is CCN(CC(C)(C)O)S(=O)(=O)c1ccc(Cl)cc1C. The molecule has 1 aromatic carbocycles. The van der Waals surface area contributed by atoms with E-state index < -0.39 is 15.6 Å². The lowest BCUT2D eigenvalue weighted by Gasteiger charge is -2.27. The highest BCUT2D eigenvalue weighted by Gasteiger charge is 2.29. The number of halogens is 1. The first kappa shape index (κ1) is 16.4. The van der Waals surface area contributed by atoms with Crippen molar-refractivity contribution in [3.63, 3.8) is 0 Å². The van der Waals surface area contributed by atoms with Crippen molar-refractivity contribution in [2.24, 2.45) is 0 Å². The Bertz CT molecular complexity index is 549. The van der Waals surface area contributed by atoms with E-state index in [1.165, 1.54) is 10.4 Å². The normalized spacial score (nSPS) is 13.0. The highest BCUT2D eigenvalue weighted by Crippen LogP contribution is 2.24. The molecule has 19 heavy (non-hydrogen) atoms. The molecule has 0 aromatic heterocycles. The molecule has 0 atom stereocenters. The lowest BCUT2D eigenvalue weighted by atomic mass is 10.1. The van der Waals surface area contributed by atoms with Gasteiger partial charge in [0.25, 0.3) is 0 Å². The summed E-state index contributed by atoms with van der Waals surface area (Å²) in [5, 5.41) is 10.3. The van der Waals surface area contributed by atoms with Crippen molar-refractivity contribution in [2.75, 3.05) is 13.1 Å². The fraction of sp³-hybridized carbons (Fsp3) is 0.538. The molecule has 0 aliphatic rings. The van der Waals surface area contributed by atoms with Crippen LogP contribution in [-0.4, -0.2) is 36.5 Å². The van der Waals surface area contributed by atoms with Crippen molar-refractivity contribution in [1.29, 1.82) is 0 Å². The molecular weight excluding hydrogens is 286 g/mol. The minimum atomic E-state index is -3.62. The number of benzene rings is 1. The topological polar surface area (TPSA) is 57.6 Å². The zero-order valence-electron chi connectivity index (χ0n) is 11.6. The van der Waals surface area contributed by atoms with Gasteiger partial charge in [-0.2, -0.15) is 4.31 Å². The fourth-order valence-electron chi connectivity index (χ4n) is 1.84. The largest absolute Gasteiger partial charge is 0.389 e. The lowest BCUT2D eigenvalue weighted by molar-refractivity contribution is 0.0601. The first-order valence-corrected chi connectivity index (χ1v) is 7.88. The first-order valence-electron chi connectivity index (χ1n) is 6.06. The van der Waals surface area contributed by atoms with Gasteiger partial charge in [0.1, 0.15) is 0 Å². The van der Waals surface area contributed by atoms with E-state index in [0.717, 1.165) is 0 Å². The van der Waals surface area contributed by atoms with Crippen LogP contribution in [0.25, 0.3) is 0 Å². The highest BCUT2D eigenvalue weighted by atomic mass is 35.5. The average Bonchev–Trinajstić information content (AvgIpc) is 2.23. The van der Waals surface area contributed by atoms with Crippen LogP contribution in [0.5, 0.6) is 0 Å². The molecule has 0 heterocycles. The van der Waals surface area contributed by atoms with E-state index >= 15 is 0 Å². The molecule has 4 nitrogen and oxygen atoms in total. The van der Waals surface area contributed by atoms with Crippen molar-refractivity contribution >= 4 is 21.6 Å². The molecule has 0 spiro atoms. The second-order valence-electron chi connectivity index (χ2n) is 5.15. The Kier molecular flexibility index (Phi) is 5.01. The van der Waals surface area contributed by atoms with E-state index in [1.54, 1.807) is 39.8 Å². The quantitative estimate of drug-likeness (QED) is 0.909. The molecule has 0 saturated heterocycles. The van der Waals surface area contributed by atoms with Gasteiger partial charge < -0.3 is 5.11 Å². The second kappa shape index (κ2) is 5.79. The summed E-state index contributed by atoms with van der Waals surface area (Å²) >= 11 is 5.84. The highest BCUT2D eigenvalue weighted by molar-refractivity contribution is 7.89. The Labute approximate surface area is 120 Å². The number of likely N-dealkylation sites (N-methyl/N-ethyl adjacent to an activating group) is 1. The standard InChI is InChI=1S/C13H20ClNO3S/c1-5-15(9-13(3,4)16)19(17,18)12-7-6-11(14)8-10(12)2/h6-8,16H,5,9H2,1-4H3. The van der Waals surface area contributed by atoms with Crippen molar-refractivity contribution < 1.29 is 13.5 Å². The number of aliphatic hydroxyl groups is 1. The predicted molar refractivity (Wildman–Crippen MR) is 76.9 cm³/mol. The van der Waals surface area contributed by atoms with E-state index in [-0.39, 0.29) is 11.4 Å². The van der Waals surface area contributed by atoms with E-state index in [9.17, 15) is 13.5 Å². The van der Waals surface area contributed by atoms with Crippen molar-refractivity contribution in [3.05, 3.63) is 28.8 Å². The summed E-state index contributed by atoms with van der Waals surface area (Å²) in [7, 11) is -3.62. The van der Waals surface area contributed by atoms with Crippen LogP contribution in [0.2, 0.25) is 5.02 Å². The van der Waals surface area contributed by atoms with Crippen LogP contribution >= 0.6 is 11.6 Å². The number of sulfonamides is 1. The van der Waals surface area contributed by atoms with Gasteiger partial charge in [0.15, 0.2) is 0 Å². The van der Waals surface area contributed by atoms with E-state index in [4.69, 9.17) is 11.6 Å². The third-order valence-corrected chi connectivity index (χ3v) is 4.99. The Morgan fingerprint density at radius 3 is 2.37 bits per heavy atom. The Morgan fingerprint density at radius 2 is 1.95 bits per heavy atom. The molecule has 6 heteroatoms. The van der Waals surface area contributed by atoms with Gasteiger partial charge in [-0.3, -0.25) is 0 Å². The summed E-state index contributed by atoms with van der Waals surface area (Å²) < 4.78 is 26.4. The van der Waals surface area contributed by atoms with Gasteiger partial charge in [-0.1, -0.05) is 18.5 Å². The van der Waals surface area contributed by atoms with Gasteiger partial charge in [0.2, 0.25) is 10.0 Å². The van der Waals surface area contributed by atoms with Crippen LogP contribution in [0, 0.1) is 6.92 Å². The number of aryl methyl sites for hydroxylation is 1. The molecule has 0 fully saturated rings. The minimum Gasteiger partial charge on any atom is -0.389 e. The van der Waals surface area contributed by atoms with Crippen LogP contribution < -0.4 is 0 Å². The number of hydrogen-bond donors (Lipinski definition) is 1. The first-order chi connectivity index (χ1) is 8.58. The summed E-state index contributed by atoms with van der Waals surface area (Å²) in [4.78, 5) is 0.225. The predicted octanol–water partition coefficient (Wildman–Crippen LogP) is 2.43. The third kappa shape index (κ3) is 4.18. The molecule has 0 amide bonds. The number of hydrogen-bond acceptors (Lipinski definition) is 3. The van der Waals surface area contributed by atoms with Crippen molar-refractivity contribution in [2.45, 2.75) is 38.2 Å². The molecule has 0 bridgehead atoms. The molecule has 0 saturated carbocycles. The number of nitrogens with zero attached hydrogens (tertiary/aromatic N) is 1. The van der Waals surface area contributed by atoms with Crippen LogP contribution in [0.3, 0.4) is 0 Å². The summed E-state index contributed by atoms with van der Waals surface area (Å²) in [6.45, 7) is 6.97. The summed E-state index contributed by atoms with van der Waals surface area (Å²) in [5.41, 5.74) is -0.481. The van der Waals surface area contributed by atoms with Crippen LogP contribution in [-0.2, 0) is 10.0 Å². The van der Waals surface area contributed by atoms with E-state index in [0.29, 0.717) is 17.1 Å². The molecule has 0 aliphatic heterocycles. The van der Waals surface area contributed by atoms with Crippen molar-refractivity contribution in [3.8, 4) is 0 Å². The molecule has 108 valence electrons. The molecule has 0 aliphatic carbocycles. The second-order valence-corrected chi connectivity index (χ2v) is 7.50. The van der Waals surface area contributed by atoms with Gasteiger partial charge in [-0.15, -0.1) is 0 Å². The zero-order valence-corrected chi connectivity index (χ0v) is 13.2. The van der Waals surface area contributed by atoms with Crippen LogP contribution in [0.4, 0.5) is 0 Å². The fourth-order valence-corrected chi connectivity index (χ4v) is 3.88.